The molecular formula is C21H20N2O2S. The van der Waals surface area contributed by atoms with Gasteiger partial charge in [0, 0.05) is 0 Å². The molecule has 0 amide bonds. The zero-order valence-electron chi connectivity index (χ0n) is 14.4. The Kier molecular flexibility index (Phi) is 4.05. The molecule has 4 nitrogen and oxygen atoms in total. The Balaban J connectivity index is 1.91. The predicted octanol–water partition coefficient (Wildman–Crippen LogP) is 3.95. The highest BCUT2D eigenvalue weighted by Gasteiger charge is 2.43. The van der Waals surface area contributed by atoms with Gasteiger partial charge in [0.15, 0.2) is 0 Å². The van der Waals surface area contributed by atoms with E-state index in [0.717, 1.165) is 16.7 Å². The quantitative estimate of drug-likeness (QED) is 0.765. The minimum atomic E-state index is -3.75. The molecule has 2 atom stereocenters. The molecule has 0 spiro atoms. The van der Waals surface area contributed by atoms with Crippen LogP contribution >= 0.6 is 0 Å². The maximum Gasteiger partial charge on any atom is 0.264 e. The number of anilines is 1. The number of para-hydroxylation sites is 1. The van der Waals surface area contributed by atoms with Crippen LogP contribution in [0.5, 0.6) is 0 Å². The van der Waals surface area contributed by atoms with E-state index in [0.29, 0.717) is 5.69 Å². The van der Waals surface area contributed by atoms with Crippen LogP contribution in [0, 0.1) is 6.92 Å². The van der Waals surface area contributed by atoms with Crippen LogP contribution in [-0.2, 0) is 10.0 Å². The van der Waals surface area contributed by atoms with Gasteiger partial charge in [0.05, 0.1) is 22.7 Å². The molecule has 0 saturated heterocycles. The third-order valence-electron chi connectivity index (χ3n) is 4.84. The fourth-order valence-corrected chi connectivity index (χ4v) is 5.22. The average molecular weight is 364 g/mol. The molecule has 2 unspecified atom stereocenters. The third-order valence-corrected chi connectivity index (χ3v) is 6.65. The van der Waals surface area contributed by atoms with Crippen LogP contribution in [0.15, 0.2) is 83.8 Å². The number of hydrogen-bond acceptors (Lipinski definition) is 3. The topological polar surface area (TPSA) is 63.4 Å². The Labute approximate surface area is 153 Å². The summed E-state index contributed by atoms with van der Waals surface area (Å²) in [4.78, 5) is 0.271. The van der Waals surface area contributed by atoms with Crippen molar-refractivity contribution in [2.75, 3.05) is 4.31 Å². The van der Waals surface area contributed by atoms with E-state index in [9.17, 15) is 8.42 Å². The van der Waals surface area contributed by atoms with Crippen molar-refractivity contribution in [1.29, 1.82) is 0 Å². The number of sulfonamides is 1. The van der Waals surface area contributed by atoms with Crippen molar-refractivity contribution < 1.29 is 8.42 Å². The molecule has 3 aromatic carbocycles. The maximum atomic E-state index is 13.5. The van der Waals surface area contributed by atoms with Crippen molar-refractivity contribution >= 4 is 15.7 Å². The molecule has 0 radical (unpaired) electrons. The molecule has 132 valence electrons. The van der Waals surface area contributed by atoms with Crippen LogP contribution in [0.2, 0.25) is 0 Å². The lowest BCUT2D eigenvalue weighted by Crippen LogP contribution is -2.35. The van der Waals surface area contributed by atoms with Gasteiger partial charge in [0.2, 0.25) is 0 Å². The Morgan fingerprint density at radius 2 is 1.46 bits per heavy atom. The van der Waals surface area contributed by atoms with Crippen molar-refractivity contribution in [3.8, 4) is 0 Å². The zero-order valence-corrected chi connectivity index (χ0v) is 15.2. The van der Waals surface area contributed by atoms with E-state index in [4.69, 9.17) is 5.73 Å². The molecule has 0 fully saturated rings. The lowest BCUT2D eigenvalue weighted by atomic mass is 9.98. The average Bonchev–Trinajstić information content (AvgIpc) is 2.96. The summed E-state index contributed by atoms with van der Waals surface area (Å²) in [6, 6.07) is 23.1. The van der Waals surface area contributed by atoms with Crippen molar-refractivity contribution in [2.24, 2.45) is 5.73 Å². The van der Waals surface area contributed by atoms with E-state index in [1.807, 2.05) is 73.7 Å². The molecule has 1 heterocycles. The van der Waals surface area contributed by atoms with Gasteiger partial charge in [-0.2, -0.15) is 0 Å². The van der Waals surface area contributed by atoms with Crippen LogP contribution in [0.3, 0.4) is 0 Å². The van der Waals surface area contributed by atoms with Crippen LogP contribution in [0.1, 0.15) is 28.8 Å². The molecule has 1 aliphatic heterocycles. The number of fused-ring (bicyclic) bond motifs is 1. The number of hydrogen-bond donors (Lipinski definition) is 1. The van der Waals surface area contributed by atoms with E-state index in [2.05, 4.69) is 0 Å². The molecule has 0 saturated carbocycles. The molecule has 26 heavy (non-hydrogen) atoms. The van der Waals surface area contributed by atoms with Crippen LogP contribution in [0.4, 0.5) is 5.69 Å². The maximum absolute atomic E-state index is 13.5. The van der Waals surface area contributed by atoms with Gasteiger partial charge in [-0.05, 0) is 36.2 Å². The Hall–Kier alpha value is -2.63. The first-order valence-electron chi connectivity index (χ1n) is 8.51. The highest BCUT2D eigenvalue weighted by Crippen LogP contribution is 2.48. The summed E-state index contributed by atoms with van der Waals surface area (Å²) >= 11 is 0. The van der Waals surface area contributed by atoms with Crippen LogP contribution in [-0.4, -0.2) is 8.42 Å². The van der Waals surface area contributed by atoms with Gasteiger partial charge in [-0.1, -0.05) is 66.2 Å². The molecule has 0 aliphatic carbocycles. The lowest BCUT2D eigenvalue weighted by molar-refractivity contribution is 0.562. The molecule has 1 aliphatic rings. The van der Waals surface area contributed by atoms with Gasteiger partial charge in [-0.25, -0.2) is 8.42 Å². The Bertz CT molecular complexity index is 1030. The summed E-state index contributed by atoms with van der Waals surface area (Å²) in [7, 11) is -3.75. The summed E-state index contributed by atoms with van der Waals surface area (Å²) in [6.07, 6.45) is 0. The molecule has 0 aromatic heterocycles. The Morgan fingerprint density at radius 1 is 0.846 bits per heavy atom. The van der Waals surface area contributed by atoms with Gasteiger partial charge in [0.1, 0.15) is 0 Å². The van der Waals surface area contributed by atoms with Gasteiger partial charge >= 0.3 is 0 Å². The number of rotatable bonds is 3. The molecule has 2 N–H and O–H groups in total. The summed E-state index contributed by atoms with van der Waals surface area (Å²) in [5, 5.41) is 0. The van der Waals surface area contributed by atoms with Gasteiger partial charge in [-0.15, -0.1) is 0 Å². The first-order valence-corrected chi connectivity index (χ1v) is 9.95. The lowest BCUT2D eigenvalue weighted by Gasteiger charge is -2.29. The van der Waals surface area contributed by atoms with Crippen molar-refractivity contribution in [2.45, 2.75) is 23.9 Å². The van der Waals surface area contributed by atoms with Crippen molar-refractivity contribution in [3.63, 3.8) is 0 Å². The van der Waals surface area contributed by atoms with E-state index >= 15 is 0 Å². The second-order valence-electron chi connectivity index (χ2n) is 6.55. The molecule has 4 rings (SSSR count). The summed E-state index contributed by atoms with van der Waals surface area (Å²) in [5.74, 6) is 0. The normalized spacial score (nSPS) is 19.4. The Morgan fingerprint density at radius 3 is 2.15 bits per heavy atom. The summed E-state index contributed by atoms with van der Waals surface area (Å²) in [5.41, 5.74) is 9.90. The van der Waals surface area contributed by atoms with E-state index in [1.165, 1.54) is 4.31 Å². The predicted molar refractivity (Wildman–Crippen MR) is 103 cm³/mol. The van der Waals surface area contributed by atoms with Crippen LogP contribution < -0.4 is 10.0 Å². The van der Waals surface area contributed by atoms with Gasteiger partial charge < -0.3 is 5.73 Å². The molecule has 0 bridgehead atoms. The zero-order chi connectivity index (χ0) is 18.3. The second-order valence-corrected chi connectivity index (χ2v) is 8.37. The smallest absolute Gasteiger partial charge is 0.264 e. The number of nitrogens with two attached hydrogens (primary N) is 1. The summed E-state index contributed by atoms with van der Waals surface area (Å²) in [6.45, 7) is 1.93. The third kappa shape index (κ3) is 2.60. The van der Waals surface area contributed by atoms with E-state index in [-0.39, 0.29) is 4.90 Å². The van der Waals surface area contributed by atoms with E-state index < -0.39 is 22.1 Å². The minimum Gasteiger partial charge on any atom is -0.322 e. The molecule has 5 heteroatoms. The first-order chi connectivity index (χ1) is 12.5. The number of nitrogens with zero attached hydrogens (tertiary/aromatic N) is 1. The van der Waals surface area contributed by atoms with Gasteiger partial charge in [-0.3, -0.25) is 4.31 Å². The fourth-order valence-electron chi connectivity index (χ4n) is 3.53. The van der Waals surface area contributed by atoms with E-state index in [1.54, 1.807) is 12.1 Å². The summed E-state index contributed by atoms with van der Waals surface area (Å²) < 4.78 is 28.5. The second kappa shape index (κ2) is 6.27. The molecular weight excluding hydrogens is 344 g/mol. The highest BCUT2D eigenvalue weighted by atomic mass is 32.2. The molecule has 3 aromatic rings. The monoisotopic (exact) mass is 364 g/mol. The SMILES string of the molecule is Cc1ccc(S(=O)(=O)N2c3ccccc3C(N)C2c2ccccc2)cc1. The number of benzene rings is 3. The van der Waals surface area contributed by atoms with Crippen LogP contribution in [0.25, 0.3) is 0 Å². The minimum absolute atomic E-state index is 0.271. The standard InChI is InChI=1S/C21H20N2O2S/c1-15-11-13-17(14-12-15)26(24,25)23-19-10-6-5-9-18(19)20(22)21(23)16-7-3-2-4-8-16/h2-14,20-21H,22H2,1H3. The highest BCUT2D eigenvalue weighted by molar-refractivity contribution is 7.92. The largest absolute Gasteiger partial charge is 0.322 e. The first kappa shape index (κ1) is 16.8. The van der Waals surface area contributed by atoms with Gasteiger partial charge in [0.25, 0.3) is 10.0 Å². The fraction of sp³-hybridized carbons (Fsp3) is 0.143. The van der Waals surface area contributed by atoms with Crippen molar-refractivity contribution in [1.82, 2.24) is 0 Å². The van der Waals surface area contributed by atoms with Crippen molar-refractivity contribution in [3.05, 3.63) is 95.6 Å². The number of aryl methyl sites for hydroxylation is 1.